The number of hydrogen-bond donors (Lipinski definition) is 1. The minimum Gasteiger partial charge on any atom is -0.364 e. The highest BCUT2D eigenvalue weighted by molar-refractivity contribution is 5.83. The Morgan fingerprint density at radius 3 is 2.42 bits per heavy atom. The maximum absolute atomic E-state index is 13.1. The number of rotatable bonds is 4. The summed E-state index contributed by atoms with van der Waals surface area (Å²) in [5, 5.41) is 1.46. The number of amides is 1. The highest BCUT2D eigenvalue weighted by atomic mass is 19.3. The van der Waals surface area contributed by atoms with Gasteiger partial charge in [-0.25, -0.2) is 4.39 Å². The number of halogens is 3. The molecule has 0 spiro atoms. The van der Waals surface area contributed by atoms with Gasteiger partial charge >= 0.3 is 5.92 Å². The predicted octanol–water partition coefficient (Wildman–Crippen LogP) is 3.03. The third-order valence-electron chi connectivity index (χ3n) is 2.95. The smallest absolute Gasteiger partial charge is 0.324 e. The fourth-order valence-corrected chi connectivity index (χ4v) is 1.85. The average Bonchev–Trinajstić information content (AvgIpc) is 2.36. The molecule has 100 valence electrons. The van der Waals surface area contributed by atoms with Crippen molar-refractivity contribution in [2.24, 2.45) is 5.73 Å². The van der Waals surface area contributed by atoms with Gasteiger partial charge in [-0.15, -0.1) is 0 Å². The zero-order chi connectivity index (χ0) is 14.0. The van der Waals surface area contributed by atoms with Crippen LogP contribution in [0.1, 0.15) is 12.0 Å². The largest absolute Gasteiger partial charge is 0.364 e. The minimum absolute atomic E-state index is 0.0310. The fraction of sp³-hybridized carbons (Fsp3) is 0.214. The van der Waals surface area contributed by atoms with Gasteiger partial charge in [-0.1, -0.05) is 24.3 Å². The van der Waals surface area contributed by atoms with Crippen molar-refractivity contribution >= 4 is 16.7 Å². The lowest BCUT2D eigenvalue weighted by Gasteiger charge is -2.12. The van der Waals surface area contributed by atoms with Gasteiger partial charge in [0, 0.05) is 6.42 Å². The van der Waals surface area contributed by atoms with Gasteiger partial charge in [0.25, 0.3) is 5.91 Å². The molecule has 2 aromatic carbocycles. The standard InChI is InChI=1S/C14H12F3NO/c15-12-4-3-10-7-9(1-2-11(10)8-12)5-6-14(16,17)13(18)19/h1-4,7-8H,5-6H2,(H2,18,19). The molecule has 1 amide bonds. The molecular formula is C14H12F3NO. The van der Waals surface area contributed by atoms with Crippen LogP contribution in [0.2, 0.25) is 0 Å². The quantitative estimate of drug-likeness (QED) is 0.909. The number of hydrogen-bond acceptors (Lipinski definition) is 1. The van der Waals surface area contributed by atoms with Crippen LogP contribution in [0, 0.1) is 5.82 Å². The van der Waals surface area contributed by atoms with Crippen molar-refractivity contribution < 1.29 is 18.0 Å². The van der Waals surface area contributed by atoms with Gasteiger partial charge in [0.15, 0.2) is 0 Å². The molecule has 0 radical (unpaired) electrons. The molecule has 0 saturated carbocycles. The summed E-state index contributed by atoms with van der Waals surface area (Å²) in [6.45, 7) is 0. The summed E-state index contributed by atoms with van der Waals surface area (Å²) in [6, 6.07) is 9.27. The molecular weight excluding hydrogens is 255 g/mol. The number of primary amides is 1. The Hall–Kier alpha value is -2.04. The Balaban J connectivity index is 2.18. The monoisotopic (exact) mass is 267 g/mol. The van der Waals surface area contributed by atoms with Crippen LogP contribution in [0.5, 0.6) is 0 Å². The Bertz CT molecular complexity index is 625. The van der Waals surface area contributed by atoms with Gasteiger partial charge < -0.3 is 5.73 Å². The van der Waals surface area contributed by atoms with E-state index in [1.807, 2.05) is 0 Å². The first-order chi connectivity index (χ1) is 8.88. The summed E-state index contributed by atoms with van der Waals surface area (Å²) in [7, 11) is 0. The van der Waals surface area contributed by atoms with E-state index >= 15 is 0 Å². The lowest BCUT2D eigenvalue weighted by atomic mass is 10.0. The number of nitrogens with two attached hydrogens (primary N) is 1. The molecule has 0 aromatic heterocycles. The second-order valence-corrected chi connectivity index (χ2v) is 4.39. The Labute approximate surface area is 108 Å². The summed E-state index contributed by atoms with van der Waals surface area (Å²) >= 11 is 0. The molecule has 0 saturated heterocycles. The summed E-state index contributed by atoms with van der Waals surface area (Å²) < 4.78 is 39.1. The topological polar surface area (TPSA) is 43.1 Å². The van der Waals surface area contributed by atoms with E-state index in [0.29, 0.717) is 10.9 Å². The van der Waals surface area contributed by atoms with Crippen molar-refractivity contribution in [3.05, 3.63) is 47.8 Å². The Morgan fingerprint density at radius 1 is 1.11 bits per heavy atom. The summed E-state index contributed by atoms with van der Waals surface area (Å²) in [4.78, 5) is 10.5. The van der Waals surface area contributed by atoms with E-state index in [-0.39, 0.29) is 12.2 Å². The Kier molecular flexibility index (Phi) is 3.46. The van der Waals surface area contributed by atoms with Gasteiger partial charge in [0.1, 0.15) is 5.82 Å². The highest BCUT2D eigenvalue weighted by Gasteiger charge is 2.35. The van der Waals surface area contributed by atoms with Gasteiger partial charge in [-0.3, -0.25) is 4.79 Å². The molecule has 19 heavy (non-hydrogen) atoms. The first-order valence-corrected chi connectivity index (χ1v) is 5.74. The van der Waals surface area contributed by atoms with Crippen LogP contribution in [0.15, 0.2) is 36.4 Å². The number of carbonyl (C=O) groups is 1. The van der Waals surface area contributed by atoms with E-state index < -0.39 is 18.3 Å². The van der Waals surface area contributed by atoms with Crippen molar-refractivity contribution in [1.29, 1.82) is 0 Å². The maximum Gasteiger partial charge on any atom is 0.324 e. The third-order valence-corrected chi connectivity index (χ3v) is 2.95. The highest BCUT2D eigenvalue weighted by Crippen LogP contribution is 2.23. The van der Waals surface area contributed by atoms with E-state index in [9.17, 15) is 18.0 Å². The third kappa shape index (κ3) is 3.05. The molecule has 0 unspecified atom stereocenters. The molecule has 0 atom stereocenters. The first kappa shape index (κ1) is 13.4. The van der Waals surface area contributed by atoms with Crippen LogP contribution >= 0.6 is 0 Å². The van der Waals surface area contributed by atoms with Crippen LogP contribution in [0.4, 0.5) is 13.2 Å². The van der Waals surface area contributed by atoms with Crippen LogP contribution in [-0.4, -0.2) is 11.8 Å². The number of benzene rings is 2. The predicted molar refractivity (Wildman–Crippen MR) is 66.4 cm³/mol. The lowest BCUT2D eigenvalue weighted by molar-refractivity contribution is -0.142. The maximum atomic E-state index is 13.1. The molecule has 0 heterocycles. The zero-order valence-electron chi connectivity index (χ0n) is 10.00. The molecule has 2 N–H and O–H groups in total. The number of aryl methyl sites for hydroxylation is 1. The number of fused-ring (bicyclic) bond motifs is 1. The van der Waals surface area contributed by atoms with Crippen molar-refractivity contribution in [2.45, 2.75) is 18.8 Å². The molecule has 0 aliphatic carbocycles. The van der Waals surface area contributed by atoms with E-state index in [1.54, 1.807) is 24.3 Å². The van der Waals surface area contributed by atoms with Crippen LogP contribution in [0.25, 0.3) is 10.8 Å². The van der Waals surface area contributed by atoms with Crippen molar-refractivity contribution in [3.63, 3.8) is 0 Å². The summed E-state index contributed by atoms with van der Waals surface area (Å²) in [6.07, 6.45) is -0.599. The second kappa shape index (κ2) is 4.91. The molecule has 0 aliphatic heterocycles. The van der Waals surface area contributed by atoms with Crippen molar-refractivity contribution in [3.8, 4) is 0 Å². The van der Waals surface area contributed by atoms with Gasteiger partial charge in [-0.2, -0.15) is 8.78 Å². The molecule has 2 rings (SSSR count). The summed E-state index contributed by atoms with van der Waals surface area (Å²) in [5.41, 5.74) is 5.26. The van der Waals surface area contributed by atoms with Gasteiger partial charge in [0.05, 0.1) is 0 Å². The van der Waals surface area contributed by atoms with Gasteiger partial charge in [-0.05, 0) is 34.9 Å². The number of carbonyl (C=O) groups excluding carboxylic acids is 1. The van der Waals surface area contributed by atoms with Crippen molar-refractivity contribution in [1.82, 2.24) is 0 Å². The van der Waals surface area contributed by atoms with Crippen LogP contribution in [-0.2, 0) is 11.2 Å². The fourth-order valence-electron chi connectivity index (χ4n) is 1.85. The SMILES string of the molecule is NC(=O)C(F)(F)CCc1ccc2cc(F)ccc2c1. The lowest BCUT2D eigenvalue weighted by Crippen LogP contribution is -2.35. The van der Waals surface area contributed by atoms with E-state index in [0.717, 1.165) is 5.39 Å². The normalized spacial score (nSPS) is 11.7. The molecule has 0 bridgehead atoms. The molecule has 0 fully saturated rings. The molecule has 5 heteroatoms. The zero-order valence-corrected chi connectivity index (χ0v) is 10.00. The van der Waals surface area contributed by atoms with Crippen molar-refractivity contribution in [2.75, 3.05) is 0 Å². The molecule has 2 aromatic rings. The van der Waals surface area contributed by atoms with E-state index in [2.05, 4.69) is 5.73 Å². The minimum atomic E-state index is -3.50. The van der Waals surface area contributed by atoms with Crippen LogP contribution in [0.3, 0.4) is 0 Å². The molecule has 2 nitrogen and oxygen atoms in total. The summed E-state index contributed by atoms with van der Waals surface area (Å²) in [5.74, 6) is -5.46. The average molecular weight is 267 g/mol. The Morgan fingerprint density at radius 2 is 1.74 bits per heavy atom. The second-order valence-electron chi connectivity index (χ2n) is 4.39. The molecule has 0 aliphatic rings. The van der Waals surface area contributed by atoms with E-state index in [4.69, 9.17) is 0 Å². The van der Waals surface area contributed by atoms with Crippen LogP contribution < -0.4 is 5.73 Å². The van der Waals surface area contributed by atoms with E-state index in [1.165, 1.54) is 12.1 Å². The van der Waals surface area contributed by atoms with Gasteiger partial charge in [0.2, 0.25) is 0 Å². The number of alkyl halides is 2. The first-order valence-electron chi connectivity index (χ1n) is 5.74.